The van der Waals surface area contributed by atoms with Crippen molar-refractivity contribution in [2.75, 3.05) is 17.6 Å². The molecule has 0 aliphatic heterocycles. The van der Waals surface area contributed by atoms with E-state index in [1.54, 1.807) is 6.07 Å². The van der Waals surface area contributed by atoms with Crippen LogP contribution in [0.4, 0.5) is 18.9 Å². The minimum absolute atomic E-state index is 0.325. The molecule has 26 heavy (non-hydrogen) atoms. The molecule has 0 radical (unpaired) electrons. The van der Waals surface area contributed by atoms with E-state index in [0.29, 0.717) is 17.3 Å². The highest BCUT2D eigenvalue weighted by atomic mass is 32.2. The normalized spacial score (nSPS) is 11.2. The van der Waals surface area contributed by atoms with E-state index in [2.05, 4.69) is 41.8 Å². The van der Waals surface area contributed by atoms with Gasteiger partial charge in [-0.05, 0) is 55.1 Å². The molecular formula is C19H21F3N2S2. The zero-order valence-electron chi connectivity index (χ0n) is 14.4. The van der Waals surface area contributed by atoms with Crippen molar-refractivity contribution < 1.29 is 13.2 Å². The summed E-state index contributed by atoms with van der Waals surface area (Å²) in [6.45, 7) is 2.75. The fourth-order valence-electron chi connectivity index (χ4n) is 2.32. The van der Waals surface area contributed by atoms with Gasteiger partial charge in [0.2, 0.25) is 0 Å². The molecule has 0 saturated carbocycles. The number of anilines is 1. The maximum absolute atomic E-state index is 12.7. The Bertz CT molecular complexity index is 733. The van der Waals surface area contributed by atoms with Gasteiger partial charge in [-0.1, -0.05) is 35.9 Å². The first kappa shape index (κ1) is 20.6. The van der Waals surface area contributed by atoms with Gasteiger partial charge >= 0.3 is 6.18 Å². The number of thiocarbonyl (C=S) groups is 1. The topological polar surface area (TPSA) is 24.1 Å². The predicted molar refractivity (Wildman–Crippen MR) is 108 cm³/mol. The maximum Gasteiger partial charge on any atom is 0.416 e. The lowest BCUT2D eigenvalue weighted by Crippen LogP contribution is -2.29. The smallest absolute Gasteiger partial charge is 0.362 e. The molecule has 0 bridgehead atoms. The zero-order valence-corrected chi connectivity index (χ0v) is 16.0. The number of rotatable bonds is 7. The summed E-state index contributed by atoms with van der Waals surface area (Å²) in [5.41, 5.74) is 2.20. The molecule has 0 aliphatic carbocycles. The van der Waals surface area contributed by atoms with Crippen molar-refractivity contribution in [3.05, 3.63) is 65.2 Å². The van der Waals surface area contributed by atoms with Crippen LogP contribution in [0.2, 0.25) is 0 Å². The van der Waals surface area contributed by atoms with E-state index in [4.69, 9.17) is 12.2 Å². The first-order valence-electron chi connectivity index (χ1n) is 8.20. The van der Waals surface area contributed by atoms with Crippen molar-refractivity contribution in [2.45, 2.75) is 25.3 Å². The zero-order chi connectivity index (χ0) is 19.0. The van der Waals surface area contributed by atoms with E-state index in [0.717, 1.165) is 30.1 Å². The van der Waals surface area contributed by atoms with Crippen LogP contribution in [-0.4, -0.2) is 17.4 Å². The molecule has 0 unspecified atom stereocenters. The number of nitrogens with one attached hydrogen (secondary N) is 2. The molecule has 2 rings (SSSR count). The Hall–Kier alpha value is -1.73. The summed E-state index contributed by atoms with van der Waals surface area (Å²) >= 11 is 6.98. The van der Waals surface area contributed by atoms with Gasteiger partial charge in [0.1, 0.15) is 0 Å². The van der Waals surface area contributed by atoms with Crippen molar-refractivity contribution in [3.63, 3.8) is 0 Å². The largest absolute Gasteiger partial charge is 0.416 e. The van der Waals surface area contributed by atoms with E-state index in [-0.39, 0.29) is 0 Å². The van der Waals surface area contributed by atoms with Gasteiger partial charge in [0, 0.05) is 18.0 Å². The van der Waals surface area contributed by atoms with Gasteiger partial charge in [-0.25, -0.2) is 0 Å². The molecule has 2 aromatic rings. The van der Waals surface area contributed by atoms with Gasteiger partial charge in [-0.3, -0.25) is 0 Å². The summed E-state index contributed by atoms with van der Waals surface area (Å²) in [6, 6.07) is 13.4. The molecule has 0 atom stereocenters. The van der Waals surface area contributed by atoms with Gasteiger partial charge < -0.3 is 10.6 Å². The number of hydrogen-bond acceptors (Lipinski definition) is 2. The second-order valence-electron chi connectivity index (χ2n) is 5.85. The number of benzene rings is 2. The van der Waals surface area contributed by atoms with Crippen molar-refractivity contribution in [1.82, 2.24) is 5.32 Å². The van der Waals surface area contributed by atoms with Crippen molar-refractivity contribution in [1.29, 1.82) is 0 Å². The van der Waals surface area contributed by atoms with Crippen LogP contribution in [0.15, 0.2) is 48.5 Å². The molecule has 0 aromatic heterocycles. The molecule has 0 saturated heterocycles. The molecule has 7 heteroatoms. The average molecular weight is 399 g/mol. The fraction of sp³-hybridized carbons (Fsp3) is 0.316. The number of alkyl halides is 3. The lowest BCUT2D eigenvalue weighted by atomic mass is 10.2. The monoisotopic (exact) mass is 398 g/mol. The molecular weight excluding hydrogens is 377 g/mol. The molecule has 2 nitrogen and oxygen atoms in total. The van der Waals surface area contributed by atoms with Crippen LogP contribution in [-0.2, 0) is 11.9 Å². The number of halogens is 3. The molecule has 0 heterocycles. The Balaban J connectivity index is 1.65. The Morgan fingerprint density at radius 3 is 2.62 bits per heavy atom. The predicted octanol–water partition coefficient (Wildman–Crippen LogP) is 5.62. The third-order valence-electron chi connectivity index (χ3n) is 3.55. The molecule has 0 aliphatic rings. The summed E-state index contributed by atoms with van der Waals surface area (Å²) in [5.74, 6) is 1.95. The molecule has 0 spiro atoms. The van der Waals surface area contributed by atoms with E-state index in [1.807, 2.05) is 11.8 Å². The molecule has 0 fully saturated rings. The quantitative estimate of drug-likeness (QED) is 0.467. The number of hydrogen-bond donors (Lipinski definition) is 2. The van der Waals surface area contributed by atoms with Crippen LogP contribution < -0.4 is 10.6 Å². The first-order chi connectivity index (χ1) is 12.3. The highest BCUT2D eigenvalue weighted by Crippen LogP contribution is 2.30. The average Bonchev–Trinajstić information content (AvgIpc) is 2.57. The maximum atomic E-state index is 12.7. The lowest BCUT2D eigenvalue weighted by molar-refractivity contribution is -0.137. The number of aryl methyl sites for hydroxylation is 1. The summed E-state index contributed by atoms with van der Waals surface area (Å²) in [6.07, 6.45) is -3.44. The Morgan fingerprint density at radius 1 is 1.12 bits per heavy atom. The van der Waals surface area contributed by atoms with Crippen molar-refractivity contribution in [2.24, 2.45) is 0 Å². The van der Waals surface area contributed by atoms with Gasteiger partial charge in [0.15, 0.2) is 5.11 Å². The summed E-state index contributed by atoms with van der Waals surface area (Å²) in [7, 11) is 0. The third-order valence-corrected chi connectivity index (χ3v) is 4.91. The standard InChI is InChI=1S/C19H21F3N2S2/c1-14-5-2-6-15(11-14)13-26-10-4-9-23-18(25)24-17-8-3-7-16(12-17)19(20,21)22/h2-3,5-8,11-12H,4,9-10,13H2,1H3,(H2,23,24,25). The van der Waals surface area contributed by atoms with Crippen LogP contribution in [0.25, 0.3) is 0 Å². The molecule has 140 valence electrons. The van der Waals surface area contributed by atoms with Gasteiger partial charge in [0.05, 0.1) is 5.56 Å². The van der Waals surface area contributed by atoms with E-state index >= 15 is 0 Å². The van der Waals surface area contributed by atoms with Crippen molar-refractivity contribution in [3.8, 4) is 0 Å². The SMILES string of the molecule is Cc1cccc(CSCCCNC(=S)Nc2cccc(C(F)(F)F)c2)c1. The highest BCUT2D eigenvalue weighted by Gasteiger charge is 2.30. The van der Waals surface area contributed by atoms with Gasteiger partial charge in [-0.2, -0.15) is 24.9 Å². The van der Waals surface area contributed by atoms with Crippen LogP contribution in [0.1, 0.15) is 23.1 Å². The molecule has 0 amide bonds. The van der Waals surface area contributed by atoms with E-state index < -0.39 is 11.7 Å². The van der Waals surface area contributed by atoms with E-state index in [9.17, 15) is 13.2 Å². The Kier molecular flexibility index (Phi) is 7.78. The van der Waals surface area contributed by atoms with Crippen LogP contribution >= 0.6 is 24.0 Å². The first-order valence-corrected chi connectivity index (χ1v) is 9.76. The van der Waals surface area contributed by atoms with E-state index in [1.165, 1.54) is 17.2 Å². The fourth-order valence-corrected chi connectivity index (χ4v) is 3.44. The second-order valence-corrected chi connectivity index (χ2v) is 7.37. The summed E-state index contributed by atoms with van der Waals surface area (Å²) in [5, 5.41) is 6.14. The Morgan fingerprint density at radius 2 is 1.88 bits per heavy atom. The van der Waals surface area contributed by atoms with Gasteiger partial charge in [0.25, 0.3) is 0 Å². The number of thioether (sulfide) groups is 1. The summed E-state index contributed by atoms with van der Waals surface area (Å²) in [4.78, 5) is 0. The highest BCUT2D eigenvalue weighted by molar-refractivity contribution is 7.98. The minimum atomic E-state index is -4.36. The second kappa shape index (κ2) is 9.83. The minimum Gasteiger partial charge on any atom is -0.362 e. The Labute approximate surface area is 161 Å². The summed E-state index contributed by atoms with van der Waals surface area (Å²) < 4.78 is 38.1. The third kappa shape index (κ3) is 7.25. The van der Waals surface area contributed by atoms with Crippen molar-refractivity contribution >= 4 is 34.8 Å². The van der Waals surface area contributed by atoms with Crippen LogP contribution in [0.5, 0.6) is 0 Å². The van der Waals surface area contributed by atoms with Crippen LogP contribution in [0.3, 0.4) is 0 Å². The molecule has 2 aromatic carbocycles. The lowest BCUT2D eigenvalue weighted by Gasteiger charge is -2.12. The van der Waals surface area contributed by atoms with Gasteiger partial charge in [-0.15, -0.1) is 0 Å². The molecule has 2 N–H and O–H groups in total. The van der Waals surface area contributed by atoms with Crippen LogP contribution in [0, 0.1) is 6.92 Å².